The summed E-state index contributed by atoms with van der Waals surface area (Å²) >= 11 is 0. The second-order valence-corrected chi connectivity index (χ2v) is 41.4. The van der Waals surface area contributed by atoms with Crippen LogP contribution in [0.25, 0.3) is 0 Å². The smallest absolute Gasteiger partial charge is 0.0416 e. The van der Waals surface area contributed by atoms with Crippen LogP contribution in [0.5, 0.6) is 0 Å². The average Bonchev–Trinajstić information content (AvgIpc) is 0.828. The molecule has 0 amide bonds. The van der Waals surface area contributed by atoms with Crippen molar-refractivity contribution in [3.8, 4) is 0 Å². The van der Waals surface area contributed by atoms with Crippen molar-refractivity contribution >= 4 is 50.0 Å². The molecule has 6 aromatic carbocycles. The normalized spacial score (nSPS) is 46.2. The Balaban J connectivity index is 0.798. The van der Waals surface area contributed by atoms with E-state index in [1.807, 2.05) is 0 Å². The molecule has 6 saturated heterocycles. The molecule has 30 atom stereocenters. The number of hydrogen-bond donors (Lipinski definition) is 0. The summed E-state index contributed by atoms with van der Waals surface area (Å²) in [5, 5.41) is 0. The number of benzene rings is 6. The Morgan fingerprint density at radius 1 is 0.250 bits per heavy atom. The van der Waals surface area contributed by atoms with Crippen LogP contribution in [0, 0.1) is 70.0 Å². The van der Waals surface area contributed by atoms with Gasteiger partial charge in [-0.05, 0) is 233 Å². The van der Waals surface area contributed by atoms with Crippen LogP contribution in [0.4, 0.5) is 34.1 Å². The van der Waals surface area contributed by atoms with Gasteiger partial charge in [0.05, 0.1) is 0 Å². The first-order chi connectivity index (χ1) is 47.3. The molecule has 0 aromatic heterocycles. The largest absolute Gasteiger partial charge is 0.364 e. The van der Waals surface area contributed by atoms with E-state index in [0.717, 1.165) is 47.3 Å². The number of anilines is 6. The number of nitrogens with zero attached hydrogens (tertiary/aromatic N) is 6. The molecule has 6 aliphatic heterocycles. The summed E-state index contributed by atoms with van der Waals surface area (Å²) in [5.41, 5.74) is 14.0. The zero-order valence-electron chi connectivity index (χ0n) is 57.8. The van der Waals surface area contributed by atoms with Crippen LogP contribution < -0.4 is 29.4 Å². The third-order valence-electron chi connectivity index (χ3n) is 32.6. The lowest BCUT2D eigenvalue weighted by molar-refractivity contribution is 0.0331. The van der Waals surface area contributed by atoms with Crippen molar-refractivity contribution < 1.29 is 0 Å². The molecule has 30 unspecified atom stereocenters. The van der Waals surface area contributed by atoms with E-state index in [1.54, 1.807) is 34.1 Å². The zero-order valence-corrected chi connectivity index (χ0v) is 59.6. The van der Waals surface area contributed by atoms with Gasteiger partial charge in [-0.15, -0.1) is 0 Å². The highest BCUT2D eigenvalue weighted by atomic mass is 31.1. The van der Waals surface area contributed by atoms with E-state index in [0.29, 0.717) is 129 Å². The summed E-state index contributed by atoms with van der Waals surface area (Å²) < 4.78 is 0. The van der Waals surface area contributed by atoms with Crippen LogP contribution in [0.1, 0.15) is 143 Å². The minimum absolute atomic E-state index is 0.311. The van der Waals surface area contributed by atoms with Gasteiger partial charge in [0.2, 0.25) is 0 Å². The quantitative estimate of drug-likeness (QED) is 0.154. The topological polar surface area (TPSA) is 19.4 Å². The highest BCUT2D eigenvalue weighted by Crippen LogP contribution is 2.82. The van der Waals surface area contributed by atoms with Crippen LogP contribution >= 0.6 is 15.8 Å². The fourth-order valence-corrected chi connectivity index (χ4v) is 41.3. The highest BCUT2D eigenvalue weighted by molar-refractivity contribution is 7.61. The second kappa shape index (κ2) is 21.8. The van der Waals surface area contributed by atoms with Gasteiger partial charge in [-0.1, -0.05) is 178 Å². The van der Waals surface area contributed by atoms with E-state index < -0.39 is 15.8 Å². The molecule has 10 saturated carbocycles. The minimum atomic E-state index is -0.426. The Bertz CT molecular complexity index is 3610. The maximum atomic E-state index is 3.40. The van der Waals surface area contributed by atoms with Crippen molar-refractivity contribution in [3.05, 3.63) is 182 Å². The van der Waals surface area contributed by atoms with Crippen molar-refractivity contribution in [1.82, 2.24) is 0 Å². The summed E-state index contributed by atoms with van der Waals surface area (Å²) in [6, 6.07) is 81.5. The standard InChI is InChI=1S/C88H106N6P2/c1-87(2)65-43-25-23-41-59(65)61-49-71-85-79(75(61)87)93(57-37-19-9-20-38-57)69-47-27-45-67-81(69)95(85)83-73(89(71)53-29-11-5-12-30-53)51-64-63(77(83)91(67)55-33-15-7-16-34-55)52-74-84-78(64)92(56-35-17-8-18-36-56)68-46-28-48-70-82(68)96(84)86-72(90(74)54-31-13-6-14-32-54)50-62-60-42-24-26-44-66(60)88(3,4)76(62)80(86)94(70)58-39-21-10-22-40-58/h5-22,29-40,59-86H,23-28,41-52H2,1-4H3. The fourth-order valence-electron chi connectivity index (χ4n) is 30.7. The Morgan fingerprint density at radius 3 is 0.823 bits per heavy atom. The van der Waals surface area contributed by atoms with Gasteiger partial charge < -0.3 is 29.4 Å². The minimum Gasteiger partial charge on any atom is -0.364 e. The van der Waals surface area contributed by atoms with Gasteiger partial charge in [0.25, 0.3) is 0 Å². The molecule has 16 aliphatic rings. The lowest BCUT2D eigenvalue weighted by Gasteiger charge is -2.79. The third-order valence-corrected chi connectivity index (χ3v) is 40.7. The fraction of sp³-hybridized carbons (Fsp3) is 0.591. The van der Waals surface area contributed by atoms with E-state index >= 15 is 0 Å². The summed E-state index contributed by atoms with van der Waals surface area (Å²) in [6.45, 7) is 11.4. The molecule has 0 spiro atoms. The molecule has 6 nitrogen and oxygen atoms in total. The third kappa shape index (κ3) is 7.81. The van der Waals surface area contributed by atoms with Gasteiger partial charge in [-0.25, -0.2) is 0 Å². The first-order valence-electron chi connectivity index (χ1n) is 39.8. The van der Waals surface area contributed by atoms with E-state index in [1.165, 1.54) is 116 Å². The van der Waals surface area contributed by atoms with Gasteiger partial charge in [-0.3, -0.25) is 0 Å². The zero-order chi connectivity index (χ0) is 63.2. The Morgan fingerprint density at radius 2 is 0.510 bits per heavy atom. The predicted molar refractivity (Wildman–Crippen MR) is 401 cm³/mol. The molecule has 10 aliphatic carbocycles. The lowest BCUT2D eigenvalue weighted by atomic mass is 9.58. The van der Waals surface area contributed by atoms with Gasteiger partial charge >= 0.3 is 0 Å². The highest BCUT2D eigenvalue weighted by Gasteiger charge is 2.79. The molecule has 0 bridgehead atoms. The van der Waals surface area contributed by atoms with Crippen LogP contribution in [0.2, 0.25) is 0 Å². The Kier molecular flexibility index (Phi) is 13.3. The molecule has 22 rings (SSSR count). The van der Waals surface area contributed by atoms with E-state index in [4.69, 9.17) is 0 Å². The number of rotatable bonds is 6. The monoisotopic (exact) mass is 1310 g/mol. The number of fused-ring (bicyclic) bond motifs is 11. The molecule has 96 heavy (non-hydrogen) atoms. The molecular weight excluding hydrogens is 1200 g/mol. The van der Waals surface area contributed by atoms with Crippen molar-refractivity contribution in [2.75, 3.05) is 29.4 Å². The second-order valence-electron chi connectivity index (χ2n) is 36.1. The van der Waals surface area contributed by atoms with Crippen LogP contribution in [0.3, 0.4) is 0 Å². The van der Waals surface area contributed by atoms with Crippen molar-refractivity contribution in [2.24, 2.45) is 70.0 Å². The molecule has 8 heteroatoms. The van der Waals surface area contributed by atoms with Gasteiger partial charge in [-0.2, -0.15) is 0 Å². The van der Waals surface area contributed by atoms with E-state index in [2.05, 4.69) is 239 Å². The van der Waals surface area contributed by atoms with Crippen LogP contribution in [0.15, 0.2) is 182 Å². The van der Waals surface area contributed by atoms with E-state index in [9.17, 15) is 0 Å². The summed E-state index contributed by atoms with van der Waals surface area (Å²) in [7, 11) is -0.851. The molecule has 0 radical (unpaired) electrons. The van der Waals surface area contributed by atoms with Crippen LogP contribution in [-0.4, -0.2) is 106 Å². The molecule has 6 heterocycles. The lowest BCUT2D eigenvalue weighted by Crippen LogP contribution is -2.85. The first kappa shape index (κ1) is 58.7. The Labute approximate surface area is 577 Å². The van der Waals surface area contributed by atoms with E-state index in [-0.39, 0.29) is 0 Å². The van der Waals surface area contributed by atoms with Crippen molar-refractivity contribution in [2.45, 2.75) is 250 Å². The predicted octanol–water partition coefficient (Wildman–Crippen LogP) is 19.1. The maximum Gasteiger partial charge on any atom is 0.0416 e. The van der Waals surface area contributed by atoms with Gasteiger partial charge in [0.15, 0.2) is 0 Å². The number of hydrogen-bond acceptors (Lipinski definition) is 6. The van der Waals surface area contributed by atoms with Crippen LogP contribution in [-0.2, 0) is 0 Å². The average molecular weight is 1310 g/mol. The summed E-state index contributed by atoms with van der Waals surface area (Å²) in [4.78, 5) is 20.2. The molecule has 498 valence electrons. The molecule has 6 aromatic rings. The van der Waals surface area contributed by atoms with Gasteiger partial charge in [0.1, 0.15) is 0 Å². The summed E-state index contributed by atoms with van der Waals surface area (Å²) in [6.07, 6.45) is 25.2. The molecular formula is C88H106N6P2. The molecule has 0 N–H and O–H groups in total. The maximum absolute atomic E-state index is 3.40. The first-order valence-corrected chi connectivity index (χ1v) is 42.9. The van der Waals surface area contributed by atoms with Crippen molar-refractivity contribution in [3.63, 3.8) is 0 Å². The number of para-hydroxylation sites is 6. The Hall–Kier alpha value is -5.02. The van der Waals surface area contributed by atoms with Gasteiger partial charge in [0, 0.05) is 141 Å². The SMILES string of the molecule is CC1(C)C2CCCCC2C2CC3C4C(C21)N(c1ccccc1)C1CCCC2C1P4C1C(CC4C(CC5C6C4N(c4ccccc4)C4CCCC7C4P6C4C(CC6C8CCCCC8C(C)(C)C6C4N7c4ccccc4)N5c4ccccc4)C1N2c1ccccc1)N3c1ccccc1. The summed E-state index contributed by atoms with van der Waals surface area (Å²) in [5.74, 6) is 7.50. The molecule has 16 fully saturated rings. The van der Waals surface area contributed by atoms with Crippen molar-refractivity contribution in [1.29, 1.82) is 0 Å².